The molecule has 0 aliphatic carbocycles. The van der Waals surface area contributed by atoms with Crippen molar-refractivity contribution in [3.63, 3.8) is 0 Å². The average Bonchev–Trinajstić information content (AvgIpc) is 2.77. The molecule has 0 saturated carbocycles. The molecule has 0 spiro atoms. The molecule has 0 N–H and O–H groups in total. The lowest BCUT2D eigenvalue weighted by Crippen LogP contribution is -2.36. The molecule has 2 aromatic carbocycles. The SMILES string of the molecule is COc1ccc(COC(=O)c2ccc(N3CCOCC3)c([N+](=O)[O-])c2)cc1OC. The van der Waals surface area contributed by atoms with Crippen molar-refractivity contribution >= 4 is 17.3 Å². The number of benzene rings is 2. The molecule has 9 nitrogen and oxygen atoms in total. The monoisotopic (exact) mass is 402 g/mol. The fourth-order valence-corrected chi connectivity index (χ4v) is 3.07. The summed E-state index contributed by atoms with van der Waals surface area (Å²) in [5.74, 6) is 0.444. The van der Waals surface area contributed by atoms with Gasteiger partial charge in [-0.05, 0) is 29.8 Å². The third-order valence-corrected chi connectivity index (χ3v) is 4.58. The molecule has 154 valence electrons. The molecule has 0 bridgehead atoms. The van der Waals surface area contributed by atoms with E-state index in [0.717, 1.165) is 0 Å². The Labute approximate surface area is 167 Å². The number of morpholine rings is 1. The van der Waals surface area contributed by atoms with Crippen LogP contribution in [0.5, 0.6) is 11.5 Å². The van der Waals surface area contributed by atoms with Crippen molar-refractivity contribution in [1.29, 1.82) is 0 Å². The van der Waals surface area contributed by atoms with E-state index in [1.54, 1.807) is 24.3 Å². The first-order chi connectivity index (χ1) is 14.0. The molecule has 1 aliphatic rings. The number of anilines is 1. The van der Waals surface area contributed by atoms with E-state index in [-0.39, 0.29) is 17.9 Å². The molecule has 0 amide bonds. The predicted molar refractivity (Wildman–Crippen MR) is 105 cm³/mol. The number of hydrogen-bond acceptors (Lipinski definition) is 8. The summed E-state index contributed by atoms with van der Waals surface area (Å²) in [6.45, 7) is 2.13. The van der Waals surface area contributed by atoms with Crippen LogP contribution in [0.4, 0.5) is 11.4 Å². The van der Waals surface area contributed by atoms with Crippen LogP contribution >= 0.6 is 0 Å². The van der Waals surface area contributed by atoms with Crippen LogP contribution in [0.1, 0.15) is 15.9 Å². The molecular formula is C20H22N2O7. The maximum Gasteiger partial charge on any atom is 0.338 e. The number of hydrogen-bond donors (Lipinski definition) is 0. The van der Waals surface area contributed by atoms with Crippen molar-refractivity contribution in [1.82, 2.24) is 0 Å². The minimum atomic E-state index is -0.642. The first kappa shape index (κ1) is 20.4. The van der Waals surface area contributed by atoms with Gasteiger partial charge in [-0.3, -0.25) is 10.1 Å². The fraction of sp³-hybridized carbons (Fsp3) is 0.350. The lowest BCUT2D eigenvalue weighted by Gasteiger charge is -2.28. The molecule has 1 fully saturated rings. The number of nitro groups is 1. The largest absolute Gasteiger partial charge is 0.493 e. The highest BCUT2D eigenvalue weighted by Gasteiger charge is 2.23. The van der Waals surface area contributed by atoms with Crippen LogP contribution in [-0.2, 0) is 16.1 Å². The lowest BCUT2D eigenvalue weighted by molar-refractivity contribution is -0.384. The summed E-state index contributed by atoms with van der Waals surface area (Å²) in [6.07, 6.45) is 0. The highest BCUT2D eigenvalue weighted by atomic mass is 16.6. The molecule has 0 atom stereocenters. The maximum atomic E-state index is 12.4. The molecule has 2 aromatic rings. The second-order valence-corrected chi connectivity index (χ2v) is 6.33. The van der Waals surface area contributed by atoms with Gasteiger partial charge in [-0.25, -0.2) is 4.79 Å². The average molecular weight is 402 g/mol. The van der Waals surface area contributed by atoms with Gasteiger partial charge >= 0.3 is 5.97 Å². The summed E-state index contributed by atoms with van der Waals surface area (Å²) < 4.78 is 21.0. The molecule has 9 heteroatoms. The molecule has 1 aliphatic heterocycles. The van der Waals surface area contributed by atoms with Gasteiger partial charge in [-0.15, -0.1) is 0 Å². The van der Waals surface area contributed by atoms with Crippen LogP contribution in [0.2, 0.25) is 0 Å². The Kier molecular flexibility index (Phi) is 6.50. The first-order valence-corrected chi connectivity index (χ1v) is 9.02. The van der Waals surface area contributed by atoms with Gasteiger partial charge < -0.3 is 23.8 Å². The van der Waals surface area contributed by atoms with Crippen LogP contribution in [0.25, 0.3) is 0 Å². The Balaban J connectivity index is 1.73. The van der Waals surface area contributed by atoms with Gasteiger partial charge in [0.15, 0.2) is 11.5 Å². The number of rotatable bonds is 7. The first-order valence-electron chi connectivity index (χ1n) is 9.02. The topological polar surface area (TPSA) is 100 Å². The summed E-state index contributed by atoms with van der Waals surface area (Å²) >= 11 is 0. The molecule has 1 heterocycles. The van der Waals surface area contributed by atoms with Gasteiger partial charge in [0.2, 0.25) is 0 Å². The van der Waals surface area contributed by atoms with Crippen LogP contribution in [0.3, 0.4) is 0 Å². The molecule has 0 radical (unpaired) electrons. The smallest absolute Gasteiger partial charge is 0.338 e. The number of nitro benzene ring substituents is 1. The Morgan fingerprint density at radius 3 is 2.48 bits per heavy atom. The van der Waals surface area contributed by atoms with Crippen molar-refractivity contribution in [3.8, 4) is 11.5 Å². The van der Waals surface area contributed by atoms with Crippen molar-refractivity contribution in [2.45, 2.75) is 6.61 Å². The standard InChI is InChI=1S/C20H22N2O7/c1-26-18-6-3-14(11-19(18)27-2)13-29-20(23)15-4-5-16(17(12-15)22(24)25)21-7-9-28-10-8-21/h3-6,11-12H,7-10,13H2,1-2H3. The van der Waals surface area contributed by atoms with Gasteiger partial charge in [-0.2, -0.15) is 0 Å². The summed E-state index contributed by atoms with van der Waals surface area (Å²) in [7, 11) is 3.05. The summed E-state index contributed by atoms with van der Waals surface area (Å²) in [5, 5.41) is 11.5. The zero-order chi connectivity index (χ0) is 20.8. The van der Waals surface area contributed by atoms with E-state index in [1.165, 1.54) is 26.4 Å². The molecular weight excluding hydrogens is 380 g/mol. The van der Waals surface area contributed by atoms with Crippen molar-refractivity contribution < 1.29 is 28.7 Å². The van der Waals surface area contributed by atoms with E-state index in [2.05, 4.69) is 0 Å². The number of ether oxygens (including phenoxy) is 4. The third-order valence-electron chi connectivity index (χ3n) is 4.58. The summed E-state index contributed by atoms with van der Waals surface area (Å²) in [5.41, 5.74) is 1.16. The van der Waals surface area contributed by atoms with Gasteiger partial charge in [0, 0.05) is 19.2 Å². The number of methoxy groups -OCH3 is 2. The second kappa shape index (κ2) is 9.24. The number of esters is 1. The van der Waals surface area contributed by atoms with E-state index < -0.39 is 10.9 Å². The van der Waals surface area contributed by atoms with Crippen LogP contribution in [0.15, 0.2) is 36.4 Å². The van der Waals surface area contributed by atoms with Crippen molar-refractivity contribution in [2.24, 2.45) is 0 Å². The Morgan fingerprint density at radius 1 is 1.10 bits per heavy atom. The molecule has 3 rings (SSSR count). The van der Waals surface area contributed by atoms with Crippen LogP contribution < -0.4 is 14.4 Å². The Morgan fingerprint density at radius 2 is 1.83 bits per heavy atom. The highest BCUT2D eigenvalue weighted by molar-refractivity contribution is 5.91. The quantitative estimate of drug-likeness (QED) is 0.396. The van der Waals surface area contributed by atoms with E-state index in [0.29, 0.717) is 49.1 Å². The number of nitrogens with zero attached hydrogens (tertiary/aromatic N) is 2. The van der Waals surface area contributed by atoms with E-state index in [9.17, 15) is 14.9 Å². The molecule has 0 aromatic heterocycles. The van der Waals surface area contributed by atoms with Crippen molar-refractivity contribution in [3.05, 3.63) is 57.6 Å². The summed E-state index contributed by atoms with van der Waals surface area (Å²) in [6, 6.07) is 9.53. The number of carbonyl (C=O) groups excluding carboxylic acids is 1. The van der Waals surface area contributed by atoms with E-state index in [4.69, 9.17) is 18.9 Å². The van der Waals surface area contributed by atoms with Crippen LogP contribution in [-0.4, -0.2) is 51.4 Å². The minimum Gasteiger partial charge on any atom is -0.493 e. The lowest BCUT2D eigenvalue weighted by atomic mass is 10.1. The summed E-state index contributed by atoms with van der Waals surface area (Å²) in [4.78, 5) is 25.3. The Bertz CT molecular complexity index is 894. The number of carbonyl (C=O) groups is 1. The highest BCUT2D eigenvalue weighted by Crippen LogP contribution is 2.31. The van der Waals surface area contributed by atoms with E-state index >= 15 is 0 Å². The van der Waals surface area contributed by atoms with Crippen molar-refractivity contribution in [2.75, 3.05) is 45.4 Å². The molecule has 1 saturated heterocycles. The third kappa shape index (κ3) is 4.75. The fourth-order valence-electron chi connectivity index (χ4n) is 3.07. The Hall–Kier alpha value is -3.33. The maximum absolute atomic E-state index is 12.4. The zero-order valence-electron chi connectivity index (χ0n) is 16.3. The molecule has 29 heavy (non-hydrogen) atoms. The van der Waals surface area contributed by atoms with Gasteiger partial charge in [0.05, 0.1) is 37.9 Å². The molecule has 0 unspecified atom stereocenters. The van der Waals surface area contributed by atoms with E-state index in [1.807, 2.05) is 4.90 Å². The normalized spacial score (nSPS) is 13.7. The van der Waals surface area contributed by atoms with Gasteiger partial charge in [0.1, 0.15) is 12.3 Å². The minimum absolute atomic E-state index is 0.00179. The predicted octanol–water partition coefficient (Wildman–Crippen LogP) is 2.81. The van der Waals surface area contributed by atoms with Crippen LogP contribution in [0, 0.1) is 10.1 Å². The van der Waals surface area contributed by atoms with Gasteiger partial charge in [-0.1, -0.05) is 6.07 Å². The zero-order valence-corrected chi connectivity index (χ0v) is 16.3. The second-order valence-electron chi connectivity index (χ2n) is 6.33. The van der Waals surface area contributed by atoms with Gasteiger partial charge in [0.25, 0.3) is 5.69 Å².